The molecule has 0 radical (unpaired) electrons. The van der Waals surface area contributed by atoms with Gasteiger partial charge in [-0.05, 0) is 50.7 Å². The lowest BCUT2D eigenvalue weighted by Crippen LogP contribution is -2.37. The Labute approximate surface area is 113 Å². The standard InChI is InChI=1S/C14H21FN2S/c1-16-11-13-3-2-8-17(13)9-10-18-14-6-4-12(15)5-7-14/h4-7,13,16H,2-3,8-11H2,1H3. The number of likely N-dealkylation sites (N-methyl/N-ethyl adjacent to an activating group) is 1. The molecule has 1 aromatic carbocycles. The molecule has 1 aliphatic heterocycles. The number of likely N-dealkylation sites (tertiary alicyclic amines) is 1. The zero-order chi connectivity index (χ0) is 12.8. The summed E-state index contributed by atoms with van der Waals surface area (Å²) in [6.07, 6.45) is 2.62. The number of rotatable bonds is 6. The molecule has 1 heterocycles. The van der Waals surface area contributed by atoms with Gasteiger partial charge in [0.1, 0.15) is 5.82 Å². The van der Waals surface area contributed by atoms with Gasteiger partial charge in [-0.15, -0.1) is 11.8 Å². The Balaban J connectivity index is 1.73. The highest BCUT2D eigenvalue weighted by atomic mass is 32.2. The zero-order valence-electron chi connectivity index (χ0n) is 10.9. The van der Waals surface area contributed by atoms with Crippen molar-refractivity contribution in [2.75, 3.05) is 32.4 Å². The van der Waals surface area contributed by atoms with Gasteiger partial charge in [0.2, 0.25) is 0 Å². The molecule has 0 bridgehead atoms. The van der Waals surface area contributed by atoms with Crippen molar-refractivity contribution in [3.8, 4) is 0 Å². The molecule has 1 saturated heterocycles. The van der Waals surface area contributed by atoms with Crippen molar-refractivity contribution in [2.45, 2.75) is 23.8 Å². The molecular formula is C14H21FN2S. The van der Waals surface area contributed by atoms with Crippen LogP contribution < -0.4 is 5.32 Å². The van der Waals surface area contributed by atoms with Gasteiger partial charge < -0.3 is 5.32 Å². The molecule has 100 valence electrons. The Kier molecular flexibility index (Phi) is 5.47. The molecule has 0 aromatic heterocycles. The monoisotopic (exact) mass is 268 g/mol. The van der Waals surface area contributed by atoms with Gasteiger partial charge in [0.15, 0.2) is 0 Å². The van der Waals surface area contributed by atoms with Crippen LogP contribution in [0.5, 0.6) is 0 Å². The molecule has 4 heteroatoms. The van der Waals surface area contributed by atoms with Crippen molar-refractivity contribution in [1.29, 1.82) is 0 Å². The third-order valence-corrected chi connectivity index (χ3v) is 4.39. The van der Waals surface area contributed by atoms with E-state index in [0.29, 0.717) is 6.04 Å². The van der Waals surface area contributed by atoms with Crippen LogP contribution in [0.1, 0.15) is 12.8 Å². The van der Waals surface area contributed by atoms with E-state index in [4.69, 9.17) is 0 Å². The first kappa shape index (κ1) is 13.8. The highest BCUT2D eigenvalue weighted by molar-refractivity contribution is 7.99. The highest BCUT2D eigenvalue weighted by Crippen LogP contribution is 2.21. The van der Waals surface area contributed by atoms with Gasteiger partial charge in [0.05, 0.1) is 0 Å². The number of thioether (sulfide) groups is 1. The van der Waals surface area contributed by atoms with Crippen molar-refractivity contribution in [2.24, 2.45) is 0 Å². The first-order valence-corrected chi connectivity index (χ1v) is 7.55. The molecule has 1 atom stereocenters. The maximum atomic E-state index is 12.8. The Morgan fingerprint density at radius 3 is 2.89 bits per heavy atom. The summed E-state index contributed by atoms with van der Waals surface area (Å²) in [4.78, 5) is 3.72. The summed E-state index contributed by atoms with van der Waals surface area (Å²) in [6.45, 7) is 3.42. The fourth-order valence-electron chi connectivity index (χ4n) is 2.47. The van der Waals surface area contributed by atoms with Crippen LogP contribution in [-0.4, -0.2) is 43.4 Å². The maximum absolute atomic E-state index is 12.8. The molecule has 1 aliphatic rings. The van der Waals surface area contributed by atoms with E-state index in [1.807, 2.05) is 30.9 Å². The van der Waals surface area contributed by atoms with Gasteiger partial charge in [-0.25, -0.2) is 4.39 Å². The quantitative estimate of drug-likeness (QED) is 0.798. The normalized spacial score (nSPS) is 20.4. The Bertz CT molecular complexity index is 355. The number of hydrogen-bond donors (Lipinski definition) is 1. The number of nitrogens with one attached hydrogen (secondary N) is 1. The SMILES string of the molecule is CNCC1CCCN1CCSc1ccc(F)cc1. The molecule has 18 heavy (non-hydrogen) atoms. The summed E-state index contributed by atoms with van der Waals surface area (Å²) in [5.74, 6) is 0.916. The second kappa shape index (κ2) is 7.12. The van der Waals surface area contributed by atoms with E-state index in [1.165, 1.54) is 31.5 Å². The van der Waals surface area contributed by atoms with Gasteiger partial charge in [0, 0.05) is 29.8 Å². The van der Waals surface area contributed by atoms with Crippen LogP contribution in [0.4, 0.5) is 4.39 Å². The third-order valence-electron chi connectivity index (χ3n) is 3.40. The summed E-state index contributed by atoms with van der Waals surface area (Å²) in [5.41, 5.74) is 0. The molecule has 0 spiro atoms. The second-order valence-electron chi connectivity index (χ2n) is 4.69. The Morgan fingerprint density at radius 2 is 2.17 bits per heavy atom. The Hall–Kier alpha value is -0.580. The van der Waals surface area contributed by atoms with E-state index in [1.54, 1.807) is 0 Å². The summed E-state index contributed by atoms with van der Waals surface area (Å²) >= 11 is 1.81. The maximum Gasteiger partial charge on any atom is 0.123 e. The van der Waals surface area contributed by atoms with Crippen LogP contribution in [0.3, 0.4) is 0 Å². The molecule has 1 N–H and O–H groups in total. The van der Waals surface area contributed by atoms with Crippen molar-refractivity contribution < 1.29 is 4.39 Å². The summed E-state index contributed by atoms with van der Waals surface area (Å²) in [5, 5.41) is 3.26. The molecule has 2 rings (SSSR count). The van der Waals surface area contributed by atoms with Crippen molar-refractivity contribution in [1.82, 2.24) is 10.2 Å². The first-order chi connectivity index (χ1) is 8.79. The third kappa shape index (κ3) is 3.97. The fourth-order valence-corrected chi connectivity index (χ4v) is 3.36. The minimum atomic E-state index is -0.159. The minimum absolute atomic E-state index is 0.159. The summed E-state index contributed by atoms with van der Waals surface area (Å²) in [6, 6.07) is 7.47. The molecule has 0 aliphatic carbocycles. The van der Waals surface area contributed by atoms with Crippen LogP contribution >= 0.6 is 11.8 Å². The molecular weight excluding hydrogens is 247 g/mol. The molecule has 1 unspecified atom stereocenters. The van der Waals surface area contributed by atoms with Crippen molar-refractivity contribution in [3.63, 3.8) is 0 Å². The zero-order valence-corrected chi connectivity index (χ0v) is 11.7. The molecule has 0 amide bonds. The number of halogens is 1. The van der Waals surface area contributed by atoms with E-state index < -0.39 is 0 Å². The van der Waals surface area contributed by atoms with Gasteiger partial charge in [-0.1, -0.05) is 0 Å². The van der Waals surface area contributed by atoms with E-state index in [9.17, 15) is 4.39 Å². The molecule has 1 aromatic rings. The van der Waals surface area contributed by atoms with Crippen LogP contribution in [0.2, 0.25) is 0 Å². The van der Waals surface area contributed by atoms with Crippen LogP contribution in [0, 0.1) is 5.82 Å². The van der Waals surface area contributed by atoms with Gasteiger partial charge >= 0.3 is 0 Å². The van der Waals surface area contributed by atoms with Crippen molar-refractivity contribution >= 4 is 11.8 Å². The van der Waals surface area contributed by atoms with E-state index in [2.05, 4.69) is 10.2 Å². The van der Waals surface area contributed by atoms with Crippen LogP contribution in [-0.2, 0) is 0 Å². The Morgan fingerprint density at radius 1 is 1.39 bits per heavy atom. The number of nitrogens with zero attached hydrogens (tertiary/aromatic N) is 1. The minimum Gasteiger partial charge on any atom is -0.318 e. The lowest BCUT2D eigenvalue weighted by Gasteiger charge is -2.23. The number of hydrogen-bond acceptors (Lipinski definition) is 3. The molecule has 1 fully saturated rings. The highest BCUT2D eigenvalue weighted by Gasteiger charge is 2.22. The average Bonchev–Trinajstić information content (AvgIpc) is 2.80. The fraction of sp³-hybridized carbons (Fsp3) is 0.571. The topological polar surface area (TPSA) is 15.3 Å². The predicted octanol–water partition coefficient (Wildman–Crippen LogP) is 2.60. The average molecular weight is 268 g/mol. The molecule has 2 nitrogen and oxygen atoms in total. The van der Waals surface area contributed by atoms with E-state index in [0.717, 1.165) is 23.7 Å². The van der Waals surface area contributed by atoms with Crippen molar-refractivity contribution in [3.05, 3.63) is 30.1 Å². The lowest BCUT2D eigenvalue weighted by molar-refractivity contribution is 0.266. The van der Waals surface area contributed by atoms with Crippen LogP contribution in [0.25, 0.3) is 0 Å². The van der Waals surface area contributed by atoms with E-state index in [-0.39, 0.29) is 5.82 Å². The largest absolute Gasteiger partial charge is 0.318 e. The molecule has 0 saturated carbocycles. The predicted molar refractivity (Wildman–Crippen MR) is 75.6 cm³/mol. The van der Waals surface area contributed by atoms with Gasteiger partial charge in [-0.3, -0.25) is 4.90 Å². The smallest absolute Gasteiger partial charge is 0.123 e. The lowest BCUT2D eigenvalue weighted by atomic mass is 10.2. The number of benzene rings is 1. The first-order valence-electron chi connectivity index (χ1n) is 6.56. The van der Waals surface area contributed by atoms with E-state index >= 15 is 0 Å². The second-order valence-corrected chi connectivity index (χ2v) is 5.86. The van der Waals surface area contributed by atoms with Gasteiger partial charge in [0.25, 0.3) is 0 Å². The van der Waals surface area contributed by atoms with Crippen LogP contribution in [0.15, 0.2) is 29.2 Å². The van der Waals surface area contributed by atoms with Gasteiger partial charge in [-0.2, -0.15) is 0 Å². The summed E-state index contributed by atoms with van der Waals surface area (Å²) < 4.78 is 12.8. The summed E-state index contributed by atoms with van der Waals surface area (Å²) in [7, 11) is 2.02.